The monoisotopic (exact) mass is 370 g/mol. The van der Waals surface area contributed by atoms with E-state index in [1.807, 2.05) is 0 Å². The summed E-state index contributed by atoms with van der Waals surface area (Å²) in [4.78, 5) is 28.0. The summed E-state index contributed by atoms with van der Waals surface area (Å²) in [6, 6.07) is 4.28. The molecular weight excluding hydrogens is 347 g/mol. The van der Waals surface area contributed by atoms with E-state index in [2.05, 4.69) is 15.6 Å². The molecule has 1 saturated carbocycles. The van der Waals surface area contributed by atoms with Gasteiger partial charge in [-0.25, -0.2) is 4.39 Å². The lowest BCUT2D eigenvalue weighted by Gasteiger charge is -2.28. The molecule has 0 spiro atoms. The van der Waals surface area contributed by atoms with Crippen LogP contribution in [0.15, 0.2) is 24.3 Å². The Bertz CT molecular complexity index is 933. The van der Waals surface area contributed by atoms with Gasteiger partial charge in [-0.05, 0) is 43.0 Å². The highest BCUT2D eigenvalue weighted by molar-refractivity contribution is 6.10. The Kier molecular flexibility index (Phi) is 4.70. The lowest BCUT2D eigenvalue weighted by molar-refractivity contribution is -0.117. The summed E-state index contributed by atoms with van der Waals surface area (Å²) in [6.45, 7) is 0.417. The van der Waals surface area contributed by atoms with Crippen molar-refractivity contribution < 1.29 is 14.0 Å². The van der Waals surface area contributed by atoms with E-state index in [-0.39, 0.29) is 29.7 Å². The van der Waals surface area contributed by atoms with Crippen LogP contribution in [0.4, 0.5) is 4.39 Å². The summed E-state index contributed by atoms with van der Waals surface area (Å²) in [5.74, 6) is -0.857. The third kappa shape index (κ3) is 3.47. The van der Waals surface area contributed by atoms with Crippen molar-refractivity contribution in [1.82, 2.24) is 15.6 Å². The van der Waals surface area contributed by atoms with Gasteiger partial charge in [0.15, 0.2) is 0 Å². The van der Waals surface area contributed by atoms with Gasteiger partial charge in [0, 0.05) is 41.2 Å². The average molecular weight is 370 g/mol. The van der Waals surface area contributed by atoms with Crippen LogP contribution in [-0.2, 0) is 4.79 Å². The van der Waals surface area contributed by atoms with Gasteiger partial charge in [0.2, 0.25) is 5.91 Å². The predicted octanol–water partition coefficient (Wildman–Crippen LogP) is 2.21. The lowest BCUT2D eigenvalue weighted by Crippen LogP contribution is -2.48. The topological polar surface area (TPSA) is 100 Å². The van der Waals surface area contributed by atoms with Crippen LogP contribution in [-0.4, -0.2) is 35.4 Å². The van der Waals surface area contributed by atoms with Crippen molar-refractivity contribution in [2.75, 3.05) is 6.54 Å². The Hall–Kier alpha value is -2.67. The third-order valence-electron chi connectivity index (χ3n) is 5.44. The number of fused-ring (bicyclic) bond motifs is 3. The summed E-state index contributed by atoms with van der Waals surface area (Å²) in [5.41, 5.74) is 8.46. The van der Waals surface area contributed by atoms with Crippen molar-refractivity contribution in [1.29, 1.82) is 0 Å². The molecule has 0 saturated heterocycles. The van der Waals surface area contributed by atoms with Crippen LogP contribution in [0.1, 0.15) is 48.2 Å². The first-order valence-electron chi connectivity index (χ1n) is 9.39. The van der Waals surface area contributed by atoms with Crippen LogP contribution in [0, 0.1) is 5.82 Å². The maximum atomic E-state index is 13.8. The van der Waals surface area contributed by atoms with Crippen molar-refractivity contribution in [2.45, 2.75) is 44.2 Å². The summed E-state index contributed by atoms with van der Waals surface area (Å²) in [7, 11) is 0. The molecule has 7 heteroatoms. The van der Waals surface area contributed by atoms with Gasteiger partial charge in [0.05, 0.1) is 0 Å². The molecule has 1 aliphatic heterocycles. The zero-order valence-electron chi connectivity index (χ0n) is 15.0. The quantitative estimate of drug-likeness (QED) is 0.610. The van der Waals surface area contributed by atoms with E-state index in [1.54, 1.807) is 6.07 Å². The molecular formula is C20H23FN4O2. The van der Waals surface area contributed by atoms with Gasteiger partial charge < -0.3 is 21.4 Å². The largest absolute Gasteiger partial charge is 0.350 e. The lowest BCUT2D eigenvalue weighted by atomic mass is 9.91. The summed E-state index contributed by atoms with van der Waals surface area (Å²) < 4.78 is 13.8. The van der Waals surface area contributed by atoms with Gasteiger partial charge in [-0.1, -0.05) is 12.8 Å². The molecule has 5 N–H and O–H groups in total. The second-order valence-corrected chi connectivity index (χ2v) is 7.30. The Balaban J connectivity index is 1.70. The van der Waals surface area contributed by atoms with Crippen LogP contribution in [0.25, 0.3) is 16.5 Å². The number of hydrogen-bond donors (Lipinski definition) is 4. The van der Waals surface area contributed by atoms with Crippen molar-refractivity contribution in [3.63, 3.8) is 0 Å². The van der Waals surface area contributed by atoms with Gasteiger partial charge >= 0.3 is 0 Å². The Morgan fingerprint density at radius 2 is 2.11 bits per heavy atom. The van der Waals surface area contributed by atoms with Crippen LogP contribution >= 0.6 is 0 Å². The molecule has 2 amide bonds. The number of halogens is 1. The zero-order chi connectivity index (χ0) is 19.0. The summed E-state index contributed by atoms with van der Waals surface area (Å²) >= 11 is 0. The molecule has 1 fully saturated rings. The van der Waals surface area contributed by atoms with E-state index in [9.17, 15) is 14.0 Å². The highest BCUT2D eigenvalue weighted by atomic mass is 19.1. The van der Waals surface area contributed by atoms with Crippen LogP contribution in [0.3, 0.4) is 0 Å². The fraction of sp³-hybridized carbons (Fsp3) is 0.400. The normalized spacial score (nSPS) is 24.4. The molecule has 27 heavy (non-hydrogen) atoms. The second-order valence-electron chi connectivity index (χ2n) is 7.30. The first-order chi connectivity index (χ1) is 13.0. The SMILES string of the molecule is N[C@H]1CCCC[C@H]1NC(=O)C=C1CCNC(=O)c2[nH]c3ccc(F)cc3c21. The minimum atomic E-state index is -0.383. The summed E-state index contributed by atoms with van der Waals surface area (Å²) in [5, 5.41) is 6.42. The number of benzene rings is 1. The van der Waals surface area contributed by atoms with Crippen molar-refractivity contribution in [3.05, 3.63) is 41.3 Å². The number of hydrogen-bond acceptors (Lipinski definition) is 3. The highest BCUT2D eigenvalue weighted by Gasteiger charge is 2.26. The third-order valence-corrected chi connectivity index (χ3v) is 5.44. The molecule has 2 aromatic rings. The maximum Gasteiger partial charge on any atom is 0.268 e. The van der Waals surface area contributed by atoms with E-state index >= 15 is 0 Å². The number of H-pyrrole nitrogens is 1. The average Bonchev–Trinajstić information content (AvgIpc) is 2.94. The molecule has 2 atom stereocenters. The van der Waals surface area contributed by atoms with Crippen LogP contribution in [0.5, 0.6) is 0 Å². The number of aromatic nitrogens is 1. The fourth-order valence-electron chi connectivity index (χ4n) is 4.06. The van der Waals surface area contributed by atoms with Crippen LogP contribution < -0.4 is 16.4 Å². The number of aromatic amines is 1. The van der Waals surface area contributed by atoms with Crippen molar-refractivity contribution >= 4 is 28.3 Å². The number of nitrogens with two attached hydrogens (primary N) is 1. The minimum Gasteiger partial charge on any atom is -0.350 e. The number of carbonyl (C=O) groups excluding carboxylic acids is 2. The molecule has 1 aromatic carbocycles. The fourth-order valence-corrected chi connectivity index (χ4v) is 4.06. The second kappa shape index (κ2) is 7.15. The van der Waals surface area contributed by atoms with E-state index in [1.165, 1.54) is 18.2 Å². The molecule has 2 heterocycles. The van der Waals surface area contributed by atoms with E-state index < -0.39 is 0 Å². The van der Waals surface area contributed by atoms with E-state index in [0.717, 1.165) is 25.7 Å². The molecule has 4 rings (SSSR count). The molecule has 0 bridgehead atoms. The molecule has 142 valence electrons. The van der Waals surface area contributed by atoms with Crippen LogP contribution in [0.2, 0.25) is 0 Å². The molecule has 2 aliphatic rings. The smallest absolute Gasteiger partial charge is 0.268 e. The van der Waals surface area contributed by atoms with Gasteiger partial charge in [0.1, 0.15) is 11.5 Å². The maximum absolute atomic E-state index is 13.8. The van der Waals surface area contributed by atoms with Gasteiger partial charge in [0.25, 0.3) is 5.91 Å². The predicted molar refractivity (Wildman–Crippen MR) is 102 cm³/mol. The molecule has 0 unspecified atom stereocenters. The molecule has 1 aromatic heterocycles. The van der Waals surface area contributed by atoms with Gasteiger partial charge in [-0.15, -0.1) is 0 Å². The zero-order valence-corrected chi connectivity index (χ0v) is 15.0. The van der Waals surface area contributed by atoms with Gasteiger partial charge in [-0.2, -0.15) is 0 Å². The first kappa shape index (κ1) is 17.7. The molecule has 1 aliphatic carbocycles. The Morgan fingerprint density at radius 3 is 2.93 bits per heavy atom. The number of rotatable bonds is 2. The van der Waals surface area contributed by atoms with Crippen molar-refractivity contribution in [3.8, 4) is 0 Å². The number of nitrogens with one attached hydrogen (secondary N) is 3. The summed E-state index contributed by atoms with van der Waals surface area (Å²) in [6.07, 6.45) is 5.95. The highest BCUT2D eigenvalue weighted by Crippen LogP contribution is 2.33. The minimum absolute atomic E-state index is 0.0313. The van der Waals surface area contributed by atoms with E-state index in [0.29, 0.717) is 40.7 Å². The van der Waals surface area contributed by atoms with E-state index in [4.69, 9.17) is 5.73 Å². The standard InChI is InChI=1S/C20H23FN4O2/c21-12-5-6-15-13(10-12)18-11(7-8-23-20(27)19(18)25-15)9-17(26)24-16-4-2-1-3-14(16)22/h5-6,9-10,14,16,25H,1-4,7-8,22H2,(H,23,27)(H,24,26)/t14-,16+/m0/s1. The Morgan fingerprint density at radius 1 is 1.30 bits per heavy atom. The van der Waals surface area contributed by atoms with Crippen molar-refractivity contribution in [2.24, 2.45) is 5.73 Å². The first-order valence-corrected chi connectivity index (χ1v) is 9.39. The molecule has 6 nitrogen and oxygen atoms in total. The Labute approximate surface area is 156 Å². The number of amides is 2. The number of carbonyl (C=O) groups is 2. The van der Waals surface area contributed by atoms with Gasteiger partial charge in [-0.3, -0.25) is 9.59 Å². The molecule has 0 radical (unpaired) electrons.